The van der Waals surface area contributed by atoms with E-state index in [4.69, 9.17) is 32.7 Å². The summed E-state index contributed by atoms with van der Waals surface area (Å²) in [4.78, 5) is 23.2. The SMILES string of the molecule is CCOc1ccc(C(=O)Oc2c(Cl)cc(Cl)cc2C=O)cc1. The molecular formula is C16H12Cl2O4. The summed E-state index contributed by atoms with van der Waals surface area (Å²) in [5.41, 5.74) is 0.420. The molecule has 0 heterocycles. The molecule has 0 amide bonds. The standard InChI is InChI=1S/C16H12Cl2O4/c1-2-21-13-5-3-10(4-6-13)16(20)22-15-11(9-19)7-12(17)8-14(15)18/h3-9H,2H2,1H3. The van der Waals surface area contributed by atoms with E-state index in [9.17, 15) is 9.59 Å². The van der Waals surface area contributed by atoms with Crippen LogP contribution in [0.1, 0.15) is 27.6 Å². The highest BCUT2D eigenvalue weighted by atomic mass is 35.5. The number of hydrogen-bond acceptors (Lipinski definition) is 4. The lowest BCUT2D eigenvalue weighted by Crippen LogP contribution is -2.10. The van der Waals surface area contributed by atoms with Gasteiger partial charge in [-0.15, -0.1) is 0 Å². The highest BCUT2D eigenvalue weighted by molar-refractivity contribution is 6.36. The highest BCUT2D eigenvalue weighted by Crippen LogP contribution is 2.32. The smallest absolute Gasteiger partial charge is 0.343 e. The van der Waals surface area contributed by atoms with Gasteiger partial charge < -0.3 is 9.47 Å². The lowest BCUT2D eigenvalue weighted by Gasteiger charge is -2.09. The summed E-state index contributed by atoms with van der Waals surface area (Å²) in [6, 6.07) is 9.22. The van der Waals surface area contributed by atoms with Gasteiger partial charge in [-0.25, -0.2) is 4.79 Å². The van der Waals surface area contributed by atoms with Crippen LogP contribution in [0.4, 0.5) is 0 Å². The maximum absolute atomic E-state index is 12.1. The average Bonchev–Trinajstić information content (AvgIpc) is 2.50. The van der Waals surface area contributed by atoms with Crippen LogP contribution in [0.2, 0.25) is 10.0 Å². The van der Waals surface area contributed by atoms with Crippen molar-refractivity contribution in [3.05, 3.63) is 57.6 Å². The second-order valence-electron chi connectivity index (χ2n) is 4.27. The number of esters is 1. The van der Waals surface area contributed by atoms with E-state index in [1.54, 1.807) is 24.3 Å². The van der Waals surface area contributed by atoms with Crippen LogP contribution in [0.25, 0.3) is 0 Å². The molecule has 0 spiro atoms. The number of hydrogen-bond donors (Lipinski definition) is 0. The van der Waals surface area contributed by atoms with E-state index in [2.05, 4.69) is 0 Å². The topological polar surface area (TPSA) is 52.6 Å². The summed E-state index contributed by atoms with van der Waals surface area (Å²) in [6.07, 6.45) is 0.526. The molecule has 0 saturated carbocycles. The minimum absolute atomic E-state index is 0.0139. The van der Waals surface area contributed by atoms with Gasteiger partial charge in [0, 0.05) is 5.02 Å². The van der Waals surface area contributed by atoms with Gasteiger partial charge in [-0.2, -0.15) is 0 Å². The third kappa shape index (κ3) is 3.78. The third-order valence-corrected chi connectivity index (χ3v) is 3.26. The van der Waals surface area contributed by atoms with Crippen molar-refractivity contribution in [2.75, 3.05) is 6.61 Å². The van der Waals surface area contributed by atoms with Crippen molar-refractivity contribution < 1.29 is 19.1 Å². The van der Waals surface area contributed by atoms with Gasteiger partial charge in [0.15, 0.2) is 12.0 Å². The largest absolute Gasteiger partial charge is 0.494 e. The number of benzene rings is 2. The zero-order valence-corrected chi connectivity index (χ0v) is 13.1. The molecule has 114 valence electrons. The van der Waals surface area contributed by atoms with Crippen LogP contribution in [0.5, 0.6) is 11.5 Å². The zero-order valence-electron chi connectivity index (χ0n) is 11.6. The van der Waals surface area contributed by atoms with Crippen molar-refractivity contribution in [2.45, 2.75) is 6.92 Å². The fourth-order valence-corrected chi connectivity index (χ4v) is 2.33. The number of aldehydes is 1. The zero-order chi connectivity index (χ0) is 16.1. The molecule has 22 heavy (non-hydrogen) atoms. The number of rotatable bonds is 5. The molecule has 4 nitrogen and oxygen atoms in total. The number of carbonyl (C=O) groups is 2. The Balaban J connectivity index is 2.23. The summed E-state index contributed by atoms with van der Waals surface area (Å²) >= 11 is 11.8. The maximum atomic E-state index is 12.1. The van der Waals surface area contributed by atoms with Crippen molar-refractivity contribution in [2.24, 2.45) is 0 Å². The van der Waals surface area contributed by atoms with Crippen molar-refractivity contribution in [3.8, 4) is 11.5 Å². The Morgan fingerprint density at radius 1 is 1.18 bits per heavy atom. The fourth-order valence-electron chi connectivity index (χ4n) is 1.78. The van der Waals surface area contributed by atoms with E-state index in [-0.39, 0.29) is 21.4 Å². The predicted molar refractivity (Wildman–Crippen MR) is 84.4 cm³/mol. The van der Waals surface area contributed by atoms with Gasteiger partial charge in [-0.3, -0.25) is 4.79 Å². The van der Waals surface area contributed by atoms with Crippen molar-refractivity contribution >= 4 is 35.5 Å². The first-order valence-corrected chi connectivity index (χ1v) is 7.20. The predicted octanol–water partition coefficient (Wildman–Crippen LogP) is 4.42. The highest BCUT2D eigenvalue weighted by Gasteiger charge is 2.16. The van der Waals surface area contributed by atoms with Crippen LogP contribution in [0.3, 0.4) is 0 Å². The van der Waals surface area contributed by atoms with Crippen LogP contribution >= 0.6 is 23.2 Å². The van der Waals surface area contributed by atoms with E-state index >= 15 is 0 Å². The maximum Gasteiger partial charge on any atom is 0.343 e. The van der Waals surface area contributed by atoms with Crippen LogP contribution in [0.15, 0.2) is 36.4 Å². The second kappa shape index (κ2) is 7.29. The summed E-state index contributed by atoms with van der Waals surface area (Å²) in [5, 5.41) is 0.377. The Morgan fingerprint density at radius 2 is 1.86 bits per heavy atom. The van der Waals surface area contributed by atoms with E-state index in [1.165, 1.54) is 12.1 Å². The Kier molecular flexibility index (Phi) is 5.41. The van der Waals surface area contributed by atoms with Gasteiger partial charge in [-0.1, -0.05) is 23.2 Å². The van der Waals surface area contributed by atoms with Crippen molar-refractivity contribution in [1.29, 1.82) is 0 Å². The van der Waals surface area contributed by atoms with E-state index in [0.29, 0.717) is 24.2 Å². The van der Waals surface area contributed by atoms with E-state index in [1.807, 2.05) is 6.92 Å². The summed E-state index contributed by atoms with van der Waals surface area (Å²) < 4.78 is 10.5. The molecule has 0 fully saturated rings. The third-order valence-electron chi connectivity index (χ3n) is 2.76. The Hall–Kier alpha value is -2.04. The minimum Gasteiger partial charge on any atom is -0.494 e. The number of carbonyl (C=O) groups excluding carboxylic acids is 2. The molecule has 2 rings (SSSR count). The molecular weight excluding hydrogens is 327 g/mol. The normalized spacial score (nSPS) is 10.1. The molecule has 0 radical (unpaired) electrons. The minimum atomic E-state index is -0.629. The first-order valence-electron chi connectivity index (χ1n) is 6.44. The molecule has 0 N–H and O–H groups in total. The second-order valence-corrected chi connectivity index (χ2v) is 5.11. The van der Waals surface area contributed by atoms with Gasteiger partial charge in [-0.05, 0) is 43.3 Å². The fraction of sp³-hybridized carbons (Fsp3) is 0.125. The Bertz CT molecular complexity index is 696. The van der Waals surface area contributed by atoms with Crippen molar-refractivity contribution in [1.82, 2.24) is 0 Å². The van der Waals surface area contributed by atoms with Gasteiger partial charge >= 0.3 is 5.97 Å². The van der Waals surface area contributed by atoms with E-state index < -0.39 is 5.97 Å². The monoisotopic (exact) mass is 338 g/mol. The number of ether oxygens (including phenoxy) is 2. The summed E-state index contributed by atoms with van der Waals surface area (Å²) in [5.74, 6) is 0.00692. The summed E-state index contributed by atoms with van der Waals surface area (Å²) in [7, 11) is 0. The average molecular weight is 339 g/mol. The Morgan fingerprint density at radius 3 is 2.45 bits per heavy atom. The molecule has 6 heteroatoms. The van der Waals surface area contributed by atoms with Gasteiger partial charge in [0.1, 0.15) is 5.75 Å². The molecule has 0 bridgehead atoms. The lowest BCUT2D eigenvalue weighted by atomic mass is 10.2. The van der Waals surface area contributed by atoms with Gasteiger partial charge in [0.2, 0.25) is 0 Å². The molecule has 0 unspecified atom stereocenters. The first kappa shape index (κ1) is 16.3. The molecule has 0 aromatic heterocycles. The van der Waals surface area contributed by atoms with Gasteiger partial charge in [0.05, 0.1) is 22.8 Å². The van der Waals surface area contributed by atoms with Crippen LogP contribution in [0, 0.1) is 0 Å². The first-order chi connectivity index (χ1) is 10.5. The lowest BCUT2D eigenvalue weighted by molar-refractivity contribution is 0.0733. The Labute approximate surface area is 137 Å². The molecule has 0 aliphatic rings. The van der Waals surface area contributed by atoms with Crippen LogP contribution in [-0.4, -0.2) is 18.9 Å². The van der Waals surface area contributed by atoms with Gasteiger partial charge in [0.25, 0.3) is 0 Å². The molecule has 2 aromatic rings. The molecule has 0 aliphatic heterocycles. The number of halogens is 2. The molecule has 0 saturated heterocycles. The molecule has 0 aliphatic carbocycles. The quantitative estimate of drug-likeness (QED) is 0.460. The van der Waals surface area contributed by atoms with Crippen molar-refractivity contribution in [3.63, 3.8) is 0 Å². The van der Waals surface area contributed by atoms with Crippen LogP contribution in [-0.2, 0) is 0 Å². The van der Waals surface area contributed by atoms with Crippen LogP contribution < -0.4 is 9.47 Å². The molecule has 0 atom stereocenters. The molecule has 2 aromatic carbocycles. The summed E-state index contributed by atoms with van der Waals surface area (Å²) in [6.45, 7) is 2.40. The van der Waals surface area contributed by atoms with E-state index in [0.717, 1.165) is 0 Å².